The normalized spacial score (nSPS) is 13.1. The molecule has 16 heavy (non-hydrogen) atoms. The Morgan fingerprint density at radius 3 is 1.56 bits per heavy atom. The van der Waals surface area contributed by atoms with Gasteiger partial charge in [0.1, 0.15) is 0 Å². The first-order valence-corrected chi connectivity index (χ1v) is 5.95. The van der Waals surface area contributed by atoms with Gasteiger partial charge in [-0.3, -0.25) is 0 Å². The Morgan fingerprint density at radius 1 is 0.688 bits per heavy atom. The van der Waals surface area contributed by atoms with Crippen LogP contribution in [0.2, 0.25) is 0 Å². The van der Waals surface area contributed by atoms with Gasteiger partial charge in [0.15, 0.2) is 0 Å². The van der Waals surface area contributed by atoms with Crippen molar-refractivity contribution in [2.75, 3.05) is 0 Å². The van der Waals surface area contributed by atoms with E-state index < -0.39 is 0 Å². The van der Waals surface area contributed by atoms with Gasteiger partial charge in [-0.2, -0.15) is 0 Å². The second kappa shape index (κ2) is 3.48. The zero-order chi connectivity index (χ0) is 11.1. The van der Waals surface area contributed by atoms with Gasteiger partial charge in [0.25, 0.3) is 0 Å². The topological polar surface area (TPSA) is 0 Å². The molecule has 0 heteroatoms. The van der Waals surface area contributed by atoms with E-state index in [0.29, 0.717) is 0 Å². The minimum absolute atomic E-state index is 1.19. The molecule has 0 bridgehead atoms. The third-order valence-electron chi connectivity index (χ3n) is 3.63. The largest absolute Gasteiger partial charge is 0.0617 e. The molecule has 3 rings (SSSR count). The van der Waals surface area contributed by atoms with Gasteiger partial charge in [-0.1, -0.05) is 36.4 Å². The van der Waals surface area contributed by atoms with E-state index in [4.69, 9.17) is 0 Å². The number of aryl methyl sites for hydroxylation is 4. The average molecular weight is 208 g/mol. The van der Waals surface area contributed by atoms with E-state index in [-0.39, 0.29) is 0 Å². The maximum absolute atomic E-state index is 2.28. The summed E-state index contributed by atoms with van der Waals surface area (Å²) in [6.45, 7) is 4.45. The number of rotatable bonds is 0. The first-order valence-electron chi connectivity index (χ1n) is 5.95. The molecule has 2 aromatic carbocycles. The van der Waals surface area contributed by atoms with E-state index >= 15 is 0 Å². The molecular formula is C16H16. The van der Waals surface area contributed by atoms with E-state index in [0.717, 1.165) is 0 Å². The Balaban J connectivity index is 2.37. The standard InChI is InChI=1S/C16H16/c1-11-5-3-7-13-9-10-14-8-4-6-12(2)16(14)15(11)13/h3-8H,9-10H2,1-2H3. The highest BCUT2D eigenvalue weighted by atomic mass is 14.2. The summed E-state index contributed by atoms with van der Waals surface area (Å²) in [5.41, 5.74) is 8.83. The van der Waals surface area contributed by atoms with Crippen molar-refractivity contribution < 1.29 is 0 Å². The molecule has 0 radical (unpaired) electrons. The lowest BCUT2D eigenvalue weighted by atomic mass is 9.81. The molecule has 1 aliphatic rings. The van der Waals surface area contributed by atoms with Crippen molar-refractivity contribution in [2.24, 2.45) is 0 Å². The average Bonchev–Trinajstić information content (AvgIpc) is 2.29. The molecule has 0 saturated carbocycles. The fourth-order valence-electron chi connectivity index (χ4n) is 2.86. The Morgan fingerprint density at radius 2 is 1.12 bits per heavy atom. The molecule has 0 heterocycles. The highest BCUT2D eigenvalue weighted by Crippen LogP contribution is 2.37. The summed E-state index contributed by atoms with van der Waals surface area (Å²) in [5, 5.41) is 0. The minimum Gasteiger partial charge on any atom is -0.0617 e. The van der Waals surface area contributed by atoms with Crippen LogP contribution in [0.3, 0.4) is 0 Å². The second-order valence-electron chi connectivity index (χ2n) is 4.72. The fourth-order valence-corrected chi connectivity index (χ4v) is 2.86. The van der Waals surface area contributed by atoms with Gasteiger partial charge in [-0.05, 0) is 60.1 Å². The Hall–Kier alpha value is -1.56. The van der Waals surface area contributed by atoms with Crippen molar-refractivity contribution in [2.45, 2.75) is 26.7 Å². The van der Waals surface area contributed by atoms with Crippen LogP contribution in [0.25, 0.3) is 11.1 Å². The van der Waals surface area contributed by atoms with Crippen molar-refractivity contribution in [3.05, 3.63) is 58.7 Å². The number of hydrogen-bond acceptors (Lipinski definition) is 0. The monoisotopic (exact) mass is 208 g/mol. The van der Waals surface area contributed by atoms with Crippen LogP contribution in [0.4, 0.5) is 0 Å². The van der Waals surface area contributed by atoms with Crippen LogP contribution in [0.15, 0.2) is 36.4 Å². The molecule has 0 atom stereocenters. The number of benzene rings is 2. The van der Waals surface area contributed by atoms with Crippen molar-refractivity contribution >= 4 is 0 Å². The lowest BCUT2D eigenvalue weighted by molar-refractivity contribution is 0.935. The maximum Gasteiger partial charge on any atom is -0.0117 e. The van der Waals surface area contributed by atoms with E-state index in [1.165, 1.54) is 46.2 Å². The maximum atomic E-state index is 2.28. The summed E-state index contributed by atoms with van der Waals surface area (Å²) in [5.74, 6) is 0. The van der Waals surface area contributed by atoms with Gasteiger partial charge < -0.3 is 0 Å². The van der Waals surface area contributed by atoms with E-state index in [1.807, 2.05) is 0 Å². The molecule has 0 N–H and O–H groups in total. The minimum atomic E-state index is 1.19. The predicted molar refractivity (Wildman–Crippen MR) is 68.8 cm³/mol. The summed E-state index contributed by atoms with van der Waals surface area (Å²) in [6.07, 6.45) is 2.38. The zero-order valence-electron chi connectivity index (χ0n) is 9.88. The lowest BCUT2D eigenvalue weighted by Gasteiger charge is -2.23. The van der Waals surface area contributed by atoms with Crippen LogP contribution in [0.5, 0.6) is 0 Å². The van der Waals surface area contributed by atoms with Crippen molar-refractivity contribution in [1.29, 1.82) is 0 Å². The SMILES string of the molecule is Cc1cccc2c1-c1c(C)cccc1CC2. The Bertz CT molecular complexity index is 498. The first-order chi connectivity index (χ1) is 7.77. The molecule has 0 saturated heterocycles. The Kier molecular flexibility index (Phi) is 2.10. The molecule has 0 aliphatic heterocycles. The number of fused-ring (bicyclic) bond motifs is 3. The summed E-state index contributed by atoms with van der Waals surface area (Å²) in [4.78, 5) is 0. The van der Waals surface area contributed by atoms with Crippen molar-refractivity contribution in [3.8, 4) is 11.1 Å². The molecular weight excluding hydrogens is 192 g/mol. The van der Waals surface area contributed by atoms with Gasteiger partial charge in [-0.25, -0.2) is 0 Å². The molecule has 0 spiro atoms. The van der Waals surface area contributed by atoms with Gasteiger partial charge in [0, 0.05) is 0 Å². The second-order valence-corrected chi connectivity index (χ2v) is 4.72. The van der Waals surface area contributed by atoms with Gasteiger partial charge in [0.05, 0.1) is 0 Å². The molecule has 80 valence electrons. The molecule has 0 amide bonds. The third kappa shape index (κ3) is 1.30. The molecule has 0 nitrogen and oxygen atoms in total. The third-order valence-corrected chi connectivity index (χ3v) is 3.63. The summed E-state index contributed by atoms with van der Waals surface area (Å²) in [7, 11) is 0. The first kappa shape index (κ1) is 9.65. The lowest BCUT2D eigenvalue weighted by Crippen LogP contribution is -2.06. The highest BCUT2D eigenvalue weighted by molar-refractivity contribution is 5.78. The summed E-state index contributed by atoms with van der Waals surface area (Å²) >= 11 is 0. The van der Waals surface area contributed by atoms with Crippen molar-refractivity contribution in [1.82, 2.24) is 0 Å². The molecule has 0 fully saturated rings. The molecule has 0 unspecified atom stereocenters. The summed E-state index contributed by atoms with van der Waals surface area (Å²) < 4.78 is 0. The summed E-state index contributed by atoms with van der Waals surface area (Å²) in [6, 6.07) is 13.4. The van der Waals surface area contributed by atoms with Gasteiger partial charge in [-0.15, -0.1) is 0 Å². The van der Waals surface area contributed by atoms with Crippen LogP contribution >= 0.6 is 0 Å². The van der Waals surface area contributed by atoms with E-state index in [2.05, 4.69) is 50.2 Å². The highest BCUT2D eigenvalue weighted by Gasteiger charge is 2.18. The predicted octanol–water partition coefficient (Wildman–Crippen LogP) is 4.07. The van der Waals surface area contributed by atoms with Gasteiger partial charge >= 0.3 is 0 Å². The Labute approximate surface area is 96.9 Å². The van der Waals surface area contributed by atoms with Crippen LogP contribution in [0.1, 0.15) is 22.3 Å². The van der Waals surface area contributed by atoms with Crippen LogP contribution < -0.4 is 0 Å². The zero-order valence-corrected chi connectivity index (χ0v) is 9.88. The molecule has 2 aromatic rings. The fraction of sp³-hybridized carbons (Fsp3) is 0.250. The number of hydrogen-bond donors (Lipinski definition) is 0. The quantitative estimate of drug-likeness (QED) is 0.612. The van der Waals surface area contributed by atoms with Crippen molar-refractivity contribution in [3.63, 3.8) is 0 Å². The molecule has 1 aliphatic carbocycles. The van der Waals surface area contributed by atoms with Gasteiger partial charge in [0.2, 0.25) is 0 Å². The molecule has 0 aromatic heterocycles. The smallest absolute Gasteiger partial charge is 0.0117 e. The van der Waals surface area contributed by atoms with E-state index in [9.17, 15) is 0 Å². The van der Waals surface area contributed by atoms with Crippen LogP contribution in [-0.4, -0.2) is 0 Å². The van der Waals surface area contributed by atoms with Crippen LogP contribution in [0, 0.1) is 13.8 Å². The van der Waals surface area contributed by atoms with E-state index in [1.54, 1.807) is 0 Å². The van der Waals surface area contributed by atoms with Crippen LogP contribution in [-0.2, 0) is 12.8 Å².